The molecule has 3 aromatic rings. The number of rotatable bonds is 5. The van der Waals surface area contributed by atoms with E-state index in [1.165, 1.54) is 16.8 Å². The number of aryl methyl sites for hydroxylation is 2. The second-order valence-corrected chi connectivity index (χ2v) is 8.12. The Balaban J connectivity index is 1.73. The monoisotopic (exact) mass is 435 g/mol. The van der Waals surface area contributed by atoms with E-state index in [1.807, 2.05) is 12.1 Å². The molecule has 0 radical (unpaired) electrons. The van der Waals surface area contributed by atoms with Crippen molar-refractivity contribution in [3.8, 4) is 11.5 Å². The van der Waals surface area contributed by atoms with Gasteiger partial charge in [0.15, 0.2) is 16.6 Å². The van der Waals surface area contributed by atoms with Crippen molar-refractivity contribution in [2.24, 2.45) is 0 Å². The van der Waals surface area contributed by atoms with Gasteiger partial charge in [0.05, 0.1) is 20.3 Å². The molecule has 0 fully saturated rings. The summed E-state index contributed by atoms with van der Waals surface area (Å²) in [5.41, 5.74) is 5.90. The normalized spacial score (nSPS) is 15.4. The first-order valence-corrected chi connectivity index (χ1v) is 11.0. The molecule has 4 rings (SSSR count). The van der Waals surface area contributed by atoms with Crippen LogP contribution in [0, 0.1) is 6.92 Å². The molecule has 6 heteroatoms. The molecule has 1 aliphatic rings. The van der Waals surface area contributed by atoms with Gasteiger partial charge in [0.1, 0.15) is 0 Å². The zero-order valence-corrected chi connectivity index (χ0v) is 19.3. The maximum atomic E-state index is 5.96. The molecule has 0 bridgehead atoms. The number of ether oxygens (including phenoxy) is 2. The molecule has 2 aromatic carbocycles. The average Bonchev–Trinajstić information content (AvgIpc) is 3.28. The van der Waals surface area contributed by atoms with E-state index in [9.17, 15) is 0 Å². The number of fused-ring (bicyclic) bond motifs is 1. The van der Waals surface area contributed by atoms with Crippen LogP contribution < -0.4 is 14.8 Å². The lowest BCUT2D eigenvalue weighted by Gasteiger charge is -2.39. The topological polar surface area (TPSA) is 38.7 Å². The highest BCUT2D eigenvalue weighted by molar-refractivity contribution is 7.80. The summed E-state index contributed by atoms with van der Waals surface area (Å²) in [5, 5.41) is 4.30. The third kappa shape index (κ3) is 4.00. The lowest BCUT2D eigenvalue weighted by Crippen LogP contribution is -2.44. The lowest BCUT2D eigenvalue weighted by molar-refractivity contribution is 0.291. The van der Waals surface area contributed by atoms with E-state index in [2.05, 4.69) is 71.2 Å². The molecule has 0 saturated carbocycles. The molecule has 31 heavy (non-hydrogen) atoms. The zero-order valence-electron chi connectivity index (χ0n) is 18.5. The maximum absolute atomic E-state index is 5.96. The van der Waals surface area contributed by atoms with Gasteiger partial charge in [-0.15, -0.1) is 0 Å². The SMILES string of the molecule is CCc1cccc(C)c1NC(=S)N1CCn2cccc2[C@H]1c1ccc(OC)c(OC)c1. The minimum Gasteiger partial charge on any atom is -0.493 e. The molecule has 5 nitrogen and oxygen atoms in total. The zero-order chi connectivity index (χ0) is 22.0. The fourth-order valence-corrected chi connectivity index (χ4v) is 4.66. The van der Waals surface area contributed by atoms with Gasteiger partial charge < -0.3 is 24.3 Å². The molecule has 0 aliphatic carbocycles. The van der Waals surface area contributed by atoms with Crippen LogP contribution in [0.3, 0.4) is 0 Å². The van der Waals surface area contributed by atoms with E-state index in [-0.39, 0.29) is 6.04 Å². The highest BCUT2D eigenvalue weighted by atomic mass is 32.1. The molecule has 0 amide bonds. The number of methoxy groups -OCH3 is 2. The molecule has 0 saturated heterocycles. The van der Waals surface area contributed by atoms with Gasteiger partial charge in [0, 0.05) is 30.7 Å². The van der Waals surface area contributed by atoms with E-state index in [0.29, 0.717) is 0 Å². The lowest BCUT2D eigenvalue weighted by atomic mass is 9.99. The van der Waals surface area contributed by atoms with E-state index in [4.69, 9.17) is 21.7 Å². The van der Waals surface area contributed by atoms with Crippen molar-refractivity contribution in [3.63, 3.8) is 0 Å². The van der Waals surface area contributed by atoms with Gasteiger partial charge in [0.2, 0.25) is 0 Å². The van der Waals surface area contributed by atoms with Crippen LogP contribution in [0.5, 0.6) is 11.5 Å². The predicted molar refractivity (Wildman–Crippen MR) is 129 cm³/mol. The van der Waals surface area contributed by atoms with Crippen LogP contribution in [0.2, 0.25) is 0 Å². The standard InChI is InChI=1S/C25H29N3O2S/c1-5-18-9-6-8-17(2)23(18)26-25(31)28-15-14-27-13-7-10-20(27)24(28)19-11-12-21(29-3)22(16-19)30-4/h6-13,16,24H,5,14-15H2,1-4H3,(H,26,31)/t24-/m1/s1. The smallest absolute Gasteiger partial charge is 0.174 e. The first-order chi connectivity index (χ1) is 15.1. The summed E-state index contributed by atoms with van der Waals surface area (Å²) >= 11 is 5.96. The fraction of sp³-hybridized carbons (Fsp3) is 0.320. The highest BCUT2D eigenvalue weighted by Crippen LogP contribution is 2.37. The van der Waals surface area contributed by atoms with Crippen molar-refractivity contribution in [2.45, 2.75) is 32.9 Å². The molecular formula is C25H29N3O2S. The van der Waals surface area contributed by atoms with Crippen LogP contribution in [-0.4, -0.2) is 35.3 Å². The Morgan fingerprint density at radius 3 is 2.61 bits per heavy atom. The molecule has 1 aliphatic heterocycles. The minimum absolute atomic E-state index is 0.0161. The molecular weight excluding hydrogens is 406 g/mol. The van der Waals surface area contributed by atoms with Crippen LogP contribution in [0.1, 0.15) is 35.3 Å². The summed E-state index contributed by atoms with van der Waals surface area (Å²) in [5.74, 6) is 1.44. The molecule has 1 atom stereocenters. The Morgan fingerprint density at radius 1 is 1.06 bits per heavy atom. The summed E-state index contributed by atoms with van der Waals surface area (Å²) in [4.78, 5) is 2.28. The number of anilines is 1. The van der Waals surface area contributed by atoms with Crippen molar-refractivity contribution in [3.05, 3.63) is 77.1 Å². The van der Waals surface area contributed by atoms with Gasteiger partial charge in [-0.1, -0.05) is 31.2 Å². The van der Waals surface area contributed by atoms with Crippen LogP contribution in [-0.2, 0) is 13.0 Å². The van der Waals surface area contributed by atoms with Crippen LogP contribution >= 0.6 is 12.2 Å². The molecule has 1 aromatic heterocycles. The number of para-hydroxylation sites is 1. The van der Waals surface area contributed by atoms with E-state index >= 15 is 0 Å². The molecule has 2 heterocycles. The fourth-order valence-electron chi connectivity index (χ4n) is 4.36. The van der Waals surface area contributed by atoms with E-state index in [1.54, 1.807) is 14.2 Å². The molecule has 0 unspecified atom stereocenters. The van der Waals surface area contributed by atoms with Gasteiger partial charge in [-0.3, -0.25) is 0 Å². The van der Waals surface area contributed by atoms with Crippen molar-refractivity contribution in [2.75, 3.05) is 26.1 Å². The Hall–Kier alpha value is -2.99. The number of hydrogen-bond donors (Lipinski definition) is 1. The Labute approximate surface area is 189 Å². The maximum Gasteiger partial charge on any atom is 0.174 e. The Kier molecular flexibility index (Phi) is 6.18. The summed E-state index contributed by atoms with van der Waals surface area (Å²) in [6.45, 7) is 6.00. The second kappa shape index (κ2) is 9.02. The molecule has 162 valence electrons. The number of nitrogens with zero attached hydrogens (tertiary/aromatic N) is 2. The van der Waals surface area contributed by atoms with Crippen molar-refractivity contribution >= 4 is 23.0 Å². The second-order valence-electron chi connectivity index (χ2n) is 7.73. The highest BCUT2D eigenvalue weighted by Gasteiger charge is 2.31. The summed E-state index contributed by atoms with van der Waals surface area (Å²) < 4.78 is 13.3. The van der Waals surface area contributed by atoms with Crippen LogP contribution in [0.4, 0.5) is 5.69 Å². The third-order valence-electron chi connectivity index (χ3n) is 5.99. The van der Waals surface area contributed by atoms with Gasteiger partial charge in [0.25, 0.3) is 0 Å². The summed E-state index contributed by atoms with van der Waals surface area (Å²) in [6.07, 6.45) is 3.09. The Morgan fingerprint density at radius 2 is 1.87 bits per heavy atom. The van der Waals surface area contributed by atoms with Crippen molar-refractivity contribution in [1.82, 2.24) is 9.47 Å². The Bertz CT molecular complexity index is 1090. The summed E-state index contributed by atoms with van der Waals surface area (Å²) in [6, 6.07) is 16.7. The van der Waals surface area contributed by atoms with Gasteiger partial charge >= 0.3 is 0 Å². The predicted octanol–water partition coefficient (Wildman–Crippen LogP) is 5.18. The van der Waals surface area contributed by atoms with Crippen molar-refractivity contribution < 1.29 is 9.47 Å². The van der Waals surface area contributed by atoms with E-state index < -0.39 is 0 Å². The first-order valence-electron chi connectivity index (χ1n) is 10.6. The quantitative estimate of drug-likeness (QED) is 0.559. The van der Waals surface area contributed by atoms with E-state index in [0.717, 1.165) is 47.4 Å². The number of aromatic nitrogens is 1. The van der Waals surface area contributed by atoms with Crippen LogP contribution in [0.15, 0.2) is 54.7 Å². The van der Waals surface area contributed by atoms with Gasteiger partial charge in [-0.25, -0.2) is 0 Å². The number of benzene rings is 2. The first kappa shape index (κ1) is 21.2. The number of nitrogens with one attached hydrogen (secondary N) is 1. The van der Waals surface area contributed by atoms with Crippen LogP contribution in [0.25, 0.3) is 0 Å². The molecule has 1 N–H and O–H groups in total. The van der Waals surface area contributed by atoms with Gasteiger partial charge in [-0.2, -0.15) is 0 Å². The molecule has 0 spiro atoms. The third-order valence-corrected chi connectivity index (χ3v) is 6.33. The minimum atomic E-state index is -0.0161. The van der Waals surface area contributed by atoms with Gasteiger partial charge in [-0.05, 0) is 66.5 Å². The summed E-state index contributed by atoms with van der Waals surface area (Å²) in [7, 11) is 3.32. The average molecular weight is 436 g/mol. The largest absolute Gasteiger partial charge is 0.493 e. The number of thiocarbonyl (C=S) groups is 1. The van der Waals surface area contributed by atoms with Crippen molar-refractivity contribution in [1.29, 1.82) is 0 Å². The number of hydrogen-bond acceptors (Lipinski definition) is 3.